The molecule has 0 heterocycles. The van der Waals surface area contributed by atoms with Gasteiger partial charge in [0.15, 0.2) is 5.75 Å². The maximum atomic E-state index is 5.91. The summed E-state index contributed by atoms with van der Waals surface area (Å²) >= 11 is 5.91. The Morgan fingerprint density at radius 3 is 2.79 bits per heavy atom. The van der Waals surface area contributed by atoms with E-state index in [1.54, 1.807) is 25.3 Å². The minimum Gasteiger partial charge on any atom is -0.490 e. The van der Waals surface area contributed by atoms with Gasteiger partial charge in [-0.15, -0.1) is 0 Å². The van der Waals surface area contributed by atoms with Crippen molar-refractivity contribution >= 4 is 17.3 Å². The van der Waals surface area contributed by atoms with Crippen molar-refractivity contribution in [3.8, 4) is 5.75 Å². The van der Waals surface area contributed by atoms with Crippen LogP contribution in [0.2, 0.25) is 5.02 Å². The third-order valence-corrected chi connectivity index (χ3v) is 2.03. The molecular weight excluding hydrogens is 202 g/mol. The van der Waals surface area contributed by atoms with E-state index in [0.717, 1.165) is 6.42 Å². The highest BCUT2D eigenvalue weighted by Crippen LogP contribution is 2.30. The number of rotatable bonds is 5. The third-order valence-electron chi connectivity index (χ3n) is 1.74. The molecular formula is C10H14ClNO2. The molecule has 1 rings (SSSR count). The summed E-state index contributed by atoms with van der Waals surface area (Å²) in [5.41, 5.74) is 6.26. The van der Waals surface area contributed by atoms with Gasteiger partial charge in [-0.2, -0.15) is 0 Å². The van der Waals surface area contributed by atoms with E-state index < -0.39 is 0 Å². The maximum absolute atomic E-state index is 5.91. The van der Waals surface area contributed by atoms with Crippen molar-refractivity contribution in [3.05, 3.63) is 23.2 Å². The van der Waals surface area contributed by atoms with E-state index >= 15 is 0 Å². The van der Waals surface area contributed by atoms with Gasteiger partial charge in [0.2, 0.25) is 0 Å². The van der Waals surface area contributed by atoms with E-state index in [4.69, 9.17) is 26.8 Å². The average molecular weight is 216 g/mol. The van der Waals surface area contributed by atoms with Crippen LogP contribution in [0.5, 0.6) is 5.75 Å². The Morgan fingerprint density at radius 2 is 2.14 bits per heavy atom. The lowest BCUT2D eigenvalue weighted by atomic mass is 10.3. The standard InChI is InChI=1S/C10H14ClNO2/c1-13-6-3-7-14-10-8(11)4-2-5-9(10)12/h2,4-5H,3,6-7,12H2,1H3. The van der Waals surface area contributed by atoms with Gasteiger partial charge in [0.05, 0.1) is 17.3 Å². The molecule has 2 N–H and O–H groups in total. The Bertz CT molecular complexity index is 271. The molecule has 0 aliphatic heterocycles. The quantitative estimate of drug-likeness (QED) is 0.606. The zero-order valence-electron chi connectivity index (χ0n) is 8.13. The van der Waals surface area contributed by atoms with Crippen LogP contribution in [-0.2, 0) is 4.74 Å². The largest absolute Gasteiger partial charge is 0.490 e. The molecule has 0 saturated heterocycles. The van der Waals surface area contributed by atoms with Crippen molar-refractivity contribution in [3.63, 3.8) is 0 Å². The number of para-hydroxylation sites is 1. The summed E-state index contributed by atoms with van der Waals surface area (Å²) in [6.45, 7) is 1.23. The molecule has 0 bridgehead atoms. The normalized spacial score (nSPS) is 10.1. The molecule has 4 heteroatoms. The number of nitrogen functional groups attached to an aromatic ring is 1. The van der Waals surface area contributed by atoms with Gasteiger partial charge in [0.25, 0.3) is 0 Å². The van der Waals surface area contributed by atoms with Crippen molar-refractivity contribution in [2.45, 2.75) is 6.42 Å². The van der Waals surface area contributed by atoms with Crippen molar-refractivity contribution in [2.75, 3.05) is 26.1 Å². The molecule has 0 radical (unpaired) electrons. The number of anilines is 1. The number of benzene rings is 1. The molecule has 0 aliphatic rings. The van der Waals surface area contributed by atoms with E-state index in [1.165, 1.54) is 0 Å². The van der Waals surface area contributed by atoms with Crippen molar-refractivity contribution < 1.29 is 9.47 Å². The lowest BCUT2D eigenvalue weighted by Gasteiger charge is -2.09. The third kappa shape index (κ3) is 3.09. The molecule has 0 saturated carbocycles. The second-order valence-corrected chi connectivity index (χ2v) is 3.26. The molecule has 0 aliphatic carbocycles. The van der Waals surface area contributed by atoms with Crippen LogP contribution in [0.4, 0.5) is 5.69 Å². The summed E-state index contributed by atoms with van der Waals surface area (Å²) in [4.78, 5) is 0. The fourth-order valence-corrected chi connectivity index (χ4v) is 1.29. The highest BCUT2D eigenvalue weighted by molar-refractivity contribution is 6.32. The molecule has 1 aromatic carbocycles. The number of methoxy groups -OCH3 is 1. The van der Waals surface area contributed by atoms with Crippen LogP contribution in [0, 0.1) is 0 Å². The Balaban J connectivity index is 2.49. The average Bonchev–Trinajstić information content (AvgIpc) is 2.16. The summed E-state index contributed by atoms with van der Waals surface area (Å²) in [6.07, 6.45) is 0.821. The number of halogens is 1. The summed E-state index contributed by atoms with van der Waals surface area (Å²) in [7, 11) is 1.66. The first-order chi connectivity index (χ1) is 6.75. The zero-order valence-corrected chi connectivity index (χ0v) is 8.88. The summed E-state index contributed by atoms with van der Waals surface area (Å²) in [5, 5.41) is 0.544. The van der Waals surface area contributed by atoms with Gasteiger partial charge < -0.3 is 15.2 Å². The second-order valence-electron chi connectivity index (χ2n) is 2.85. The van der Waals surface area contributed by atoms with Crippen LogP contribution in [-0.4, -0.2) is 20.3 Å². The molecule has 0 atom stereocenters. The fraction of sp³-hybridized carbons (Fsp3) is 0.400. The molecule has 0 unspecified atom stereocenters. The zero-order chi connectivity index (χ0) is 10.4. The molecule has 0 amide bonds. The highest BCUT2D eigenvalue weighted by Gasteiger charge is 2.04. The van der Waals surface area contributed by atoms with Crippen LogP contribution < -0.4 is 10.5 Å². The first-order valence-electron chi connectivity index (χ1n) is 4.41. The van der Waals surface area contributed by atoms with Crippen LogP contribution >= 0.6 is 11.6 Å². The van der Waals surface area contributed by atoms with Gasteiger partial charge in [0, 0.05) is 20.1 Å². The van der Waals surface area contributed by atoms with Gasteiger partial charge >= 0.3 is 0 Å². The Labute approximate surface area is 88.8 Å². The molecule has 0 aromatic heterocycles. The van der Waals surface area contributed by atoms with E-state index in [9.17, 15) is 0 Å². The van der Waals surface area contributed by atoms with E-state index in [1.807, 2.05) is 0 Å². The molecule has 14 heavy (non-hydrogen) atoms. The van der Waals surface area contributed by atoms with Crippen LogP contribution in [0.3, 0.4) is 0 Å². The topological polar surface area (TPSA) is 44.5 Å². The van der Waals surface area contributed by atoms with E-state index in [0.29, 0.717) is 29.7 Å². The first-order valence-corrected chi connectivity index (χ1v) is 4.79. The predicted octanol–water partition coefficient (Wildman–Crippen LogP) is 2.34. The van der Waals surface area contributed by atoms with Gasteiger partial charge in [0.1, 0.15) is 0 Å². The van der Waals surface area contributed by atoms with Crippen LogP contribution in [0.1, 0.15) is 6.42 Å². The van der Waals surface area contributed by atoms with Crippen LogP contribution in [0.25, 0.3) is 0 Å². The summed E-state index contributed by atoms with van der Waals surface area (Å²) in [5.74, 6) is 0.560. The predicted molar refractivity (Wildman–Crippen MR) is 57.9 cm³/mol. The SMILES string of the molecule is COCCCOc1c(N)cccc1Cl. The molecule has 0 fully saturated rings. The Hall–Kier alpha value is -0.930. The summed E-state index contributed by atoms with van der Waals surface area (Å²) < 4.78 is 10.3. The van der Waals surface area contributed by atoms with Gasteiger partial charge in [-0.3, -0.25) is 0 Å². The highest BCUT2D eigenvalue weighted by atomic mass is 35.5. The lowest BCUT2D eigenvalue weighted by Crippen LogP contribution is -2.03. The lowest BCUT2D eigenvalue weighted by molar-refractivity contribution is 0.172. The molecule has 0 spiro atoms. The number of hydrogen-bond acceptors (Lipinski definition) is 3. The monoisotopic (exact) mass is 215 g/mol. The van der Waals surface area contributed by atoms with Crippen molar-refractivity contribution in [2.24, 2.45) is 0 Å². The van der Waals surface area contributed by atoms with Crippen molar-refractivity contribution in [1.29, 1.82) is 0 Å². The minimum atomic E-state index is 0.544. The smallest absolute Gasteiger partial charge is 0.160 e. The number of nitrogens with two attached hydrogens (primary N) is 1. The van der Waals surface area contributed by atoms with E-state index in [2.05, 4.69) is 0 Å². The Kier molecular flexibility index (Phi) is 4.56. The van der Waals surface area contributed by atoms with E-state index in [-0.39, 0.29) is 0 Å². The van der Waals surface area contributed by atoms with Crippen LogP contribution in [0.15, 0.2) is 18.2 Å². The molecule has 3 nitrogen and oxygen atoms in total. The van der Waals surface area contributed by atoms with Crippen molar-refractivity contribution in [1.82, 2.24) is 0 Å². The summed E-state index contributed by atoms with van der Waals surface area (Å²) in [6, 6.07) is 5.31. The maximum Gasteiger partial charge on any atom is 0.160 e. The second kappa shape index (κ2) is 5.73. The van der Waals surface area contributed by atoms with Gasteiger partial charge in [-0.05, 0) is 12.1 Å². The molecule has 78 valence electrons. The first kappa shape index (κ1) is 11.1. The Morgan fingerprint density at radius 1 is 1.36 bits per heavy atom. The van der Waals surface area contributed by atoms with Gasteiger partial charge in [-0.1, -0.05) is 17.7 Å². The molecule has 1 aromatic rings. The van der Waals surface area contributed by atoms with Gasteiger partial charge in [-0.25, -0.2) is 0 Å². The number of ether oxygens (including phenoxy) is 2. The number of hydrogen-bond donors (Lipinski definition) is 1. The fourth-order valence-electron chi connectivity index (χ4n) is 1.06. The minimum absolute atomic E-state index is 0.544.